The molecule has 32 heavy (non-hydrogen) atoms. The number of hydrogen-bond acceptors (Lipinski definition) is 5. The molecular formula is C25H30N2O4S. The molecule has 0 bridgehead atoms. The van der Waals surface area contributed by atoms with Crippen molar-refractivity contribution in [2.45, 2.75) is 56.5 Å². The Morgan fingerprint density at radius 3 is 2.69 bits per heavy atom. The topological polar surface area (TPSA) is 66.9 Å². The summed E-state index contributed by atoms with van der Waals surface area (Å²) in [7, 11) is 1.67. The highest BCUT2D eigenvalue weighted by atomic mass is 32.1. The summed E-state index contributed by atoms with van der Waals surface area (Å²) in [5.41, 5.74) is -0.401. The number of likely N-dealkylation sites (tertiary alicyclic amines) is 2. The van der Waals surface area contributed by atoms with E-state index < -0.39 is 5.41 Å². The zero-order valence-electron chi connectivity index (χ0n) is 18.5. The summed E-state index contributed by atoms with van der Waals surface area (Å²) in [5.74, 6) is -0.524. The number of ether oxygens (including phenoxy) is 1. The fraction of sp³-hybridized carbons (Fsp3) is 0.480. The summed E-state index contributed by atoms with van der Waals surface area (Å²) in [5, 5.41) is 1.94. The minimum Gasteiger partial charge on any atom is -0.385 e. The standard InChI is InChI=1S/C25H30N2O4S/c1-31-14-12-20-10-5-6-13-26(20)22(28)16-25(19-8-3-2-4-9-19)17-23(29)27(24(25)30)18-21-11-7-15-32-21/h2-4,7-9,11,15,20H,5-6,10,12-14,16-18H2,1H3. The van der Waals surface area contributed by atoms with Crippen LogP contribution in [0.2, 0.25) is 0 Å². The highest BCUT2D eigenvalue weighted by Crippen LogP contribution is 2.41. The molecule has 3 heterocycles. The van der Waals surface area contributed by atoms with Crippen LogP contribution in [0.15, 0.2) is 47.8 Å². The number of benzene rings is 1. The molecule has 6 nitrogen and oxygen atoms in total. The fourth-order valence-electron chi connectivity index (χ4n) is 4.98. The van der Waals surface area contributed by atoms with Gasteiger partial charge in [0.15, 0.2) is 0 Å². The predicted octanol–water partition coefficient (Wildman–Crippen LogP) is 3.75. The van der Waals surface area contributed by atoms with Gasteiger partial charge >= 0.3 is 0 Å². The molecule has 7 heteroatoms. The van der Waals surface area contributed by atoms with Gasteiger partial charge < -0.3 is 9.64 Å². The zero-order valence-corrected chi connectivity index (χ0v) is 19.3. The van der Waals surface area contributed by atoms with Gasteiger partial charge in [-0.05, 0) is 42.7 Å². The maximum atomic E-state index is 13.8. The van der Waals surface area contributed by atoms with E-state index in [1.54, 1.807) is 7.11 Å². The first-order chi connectivity index (χ1) is 15.5. The average molecular weight is 455 g/mol. The number of methoxy groups -OCH3 is 1. The average Bonchev–Trinajstić information content (AvgIpc) is 3.41. The molecule has 2 saturated heterocycles. The Balaban J connectivity index is 1.62. The number of nitrogens with zero attached hydrogens (tertiary/aromatic N) is 2. The van der Waals surface area contributed by atoms with Crippen molar-refractivity contribution in [2.75, 3.05) is 20.3 Å². The number of carbonyl (C=O) groups excluding carboxylic acids is 3. The van der Waals surface area contributed by atoms with Crippen molar-refractivity contribution in [3.63, 3.8) is 0 Å². The maximum absolute atomic E-state index is 13.8. The van der Waals surface area contributed by atoms with Crippen molar-refractivity contribution in [2.24, 2.45) is 0 Å². The zero-order chi connectivity index (χ0) is 22.6. The van der Waals surface area contributed by atoms with E-state index in [4.69, 9.17) is 4.74 Å². The molecule has 2 aromatic rings. The minimum atomic E-state index is -1.14. The molecule has 2 fully saturated rings. The Kier molecular flexibility index (Phi) is 7.06. The molecule has 0 N–H and O–H groups in total. The highest BCUT2D eigenvalue weighted by molar-refractivity contribution is 7.09. The molecule has 170 valence electrons. The lowest BCUT2D eigenvalue weighted by Crippen LogP contribution is -2.48. The van der Waals surface area contributed by atoms with Gasteiger partial charge in [0, 0.05) is 44.0 Å². The SMILES string of the molecule is COCCC1CCCCN1C(=O)CC1(c2ccccc2)CC(=O)N(Cc2cccs2)C1=O. The van der Waals surface area contributed by atoms with E-state index >= 15 is 0 Å². The number of hydrogen-bond donors (Lipinski definition) is 0. The normalized spacial score (nSPS) is 23.7. The predicted molar refractivity (Wildman–Crippen MR) is 123 cm³/mol. The first kappa shape index (κ1) is 22.7. The molecule has 2 aliphatic heterocycles. The minimum absolute atomic E-state index is 0.0199. The summed E-state index contributed by atoms with van der Waals surface area (Å²) in [6, 6.07) is 13.3. The third-order valence-corrected chi connectivity index (χ3v) is 7.55. The smallest absolute Gasteiger partial charge is 0.241 e. The van der Waals surface area contributed by atoms with Crippen molar-refractivity contribution in [3.8, 4) is 0 Å². The lowest BCUT2D eigenvalue weighted by atomic mass is 9.75. The molecule has 1 aromatic heterocycles. The third kappa shape index (κ3) is 4.50. The van der Waals surface area contributed by atoms with Crippen molar-refractivity contribution >= 4 is 29.1 Å². The lowest BCUT2D eigenvalue weighted by Gasteiger charge is -2.38. The van der Waals surface area contributed by atoms with Crippen LogP contribution in [-0.4, -0.2) is 53.8 Å². The number of carbonyl (C=O) groups is 3. The monoisotopic (exact) mass is 454 g/mol. The largest absolute Gasteiger partial charge is 0.385 e. The van der Waals surface area contributed by atoms with Crippen LogP contribution >= 0.6 is 11.3 Å². The molecule has 3 amide bonds. The van der Waals surface area contributed by atoms with Crippen molar-refractivity contribution in [1.29, 1.82) is 0 Å². The molecule has 0 aliphatic carbocycles. The summed E-state index contributed by atoms with van der Waals surface area (Å²) >= 11 is 1.52. The van der Waals surface area contributed by atoms with Crippen LogP contribution in [0.5, 0.6) is 0 Å². The number of piperidine rings is 1. The van der Waals surface area contributed by atoms with Gasteiger partial charge in [0.25, 0.3) is 0 Å². The van der Waals surface area contributed by atoms with Gasteiger partial charge in [-0.3, -0.25) is 19.3 Å². The van der Waals surface area contributed by atoms with Crippen molar-refractivity contribution in [1.82, 2.24) is 9.80 Å². The Bertz CT molecular complexity index is 946. The lowest BCUT2D eigenvalue weighted by molar-refractivity contribution is -0.144. The van der Waals surface area contributed by atoms with E-state index in [9.17, 15) is 14.4 Å². The van der Waals surface area contributed by atoms with Gasteiger partial charge in [0.05, 0.1) is 12.0 Å². The van der Waals surface area contributed by atoms with Gasteiger partial charge in [-0.15, -0.1) is 11.3 Å². The summed E-state index contributed by atoms with van der Waals surface area (Å²) < 4.78 is 5.25. The molecule has 2 unspecified atom stereocenters. The Morgan fingerprint density at radius 2 is 1.97 bits per heavy atom. The summed E-state index contributed by atoms with van der Waals surface area (Å²) in [6.45, 7) is 1.56. The molecule has 0 radical (unpaired) electrons. The Hall–Kier alpha value is -2.51. The Labute approximate surface area is 193 Å². The van der Waals surface area contributed by atoms with E-state index in [-0.39, 0.29) is 43.1 Å². The second kappa shape index (κ2) is 9.96. The van der Waals surface area contributed by atoms with E-state index in [2.05, 4.69) is 0 Å². The number of imide groups is 1. The fourth-order valence-corrected chi connectivity index (χ4v) is 5.68. The molecule has 4 rings (SSSR count). The van der Waals surface area contributed by atoms with E-state index in [1.165, 1.54) is 16.2 Å². The van der Waals surface area contributed by atoms with Crippen molar-refractivity contribution in [3.05, 3.63) is 58.3 Å². The van der Waals surface area contributed by atoms with Gasteiger partial charge in [-0.2, -0.15) is 0 Å². The second-order valence-electron chi connectivity index (χ2n) is 8.68. The summed E-state index contributed by atoms with van der Waals surface area (Å²) in [4.78, 5) is 44.6. The molecule has 2 aliphatic rings. The maximum Gasteiger partial charge on any atom is 0.241 e. The van der Waals surface area contributed by atoms with Crippen LogP contribution in [-0.2, 0) is 31.1 Å². The number of amides is 3. The summed E-state index contributed by atoms with van der Waals surface area (Å²) in [6.07, 6.45) is 3.84. The second-order valence-corrected chi connectivity index (χ2v) is 9.72. The van der Waals surface area contributed by atoms with Gasteiger partial charge in [-0.25, -0.2) is 0 Å². The first-order valence-electron chi connectivity index (χ1n) is 11.3. The number of rotatable bonds is 8. The van der Waals surface area contributed by atoms with Crippen LogP contribution < -0.4 is 0 Å². The molecule has 1 aromatic carbocycles. The van der Waals surface area contributed by atoms with Crippen LogP contribution in [0.4, 0.5) is 0 Å². The number of thiophene rings is 1. The Morgan fingerprint density at radius 1 is 1.16 bits per heavy atom. The quantitative estimate of drug-likeness (QED) is 0.570. The van der Waals surface area contributed by atoms with Gasteiger partial charge in [0.1, 0.15) is 0 Å². The van der Waals surface area contributed by atoms with Crippen LogP contribution in [0.1, 0.15) is 49.0 Å². The van der Waals surface area contributed by atoms with Gasteiger partial charge in [0.2, 0.25) is 17.7 Å². The molecular weight excluding hydrogens is 424 g/mol. The van der Waals surface area contributed by atoms with Crippen LogP contribution in [0.3, 0.4) is 0 Å². The van der Waals surface area contributed by atoms with E-state index in [1.807, 2.05) is 52.7 Å². The van der Waals surface area contributed by atoms with E-state index in [0.29, 0.717) is 13.2 Å². The van der Waals surface area contributed by atoms with Gasteiger partial charge in [-0.1, -0.05) is 36.4 Å². The third-order valence-electron chi connectivity index (χ3n) is 6.68. The highest BCUT2D eigenvalue weighted by Gasteiger charge is 2.54. The molecule has 0 spiro atoms. The first-order valence-corrected chi connectivity index (χ1v) is 12.1. The molecule has 0 saturated carbocycles. The van der Waals surface area contributed by atoms with E-state index in [0.717, 1.165) is 36.1 Å². The van der Waals surface area contributed by atoms with Crippen LogP contribution in [0.25, 0.3) is 0 Å². The van der Waals surface area contributed by atoms with Crippen LogP contribution in [0, 0.1) is 0 Å². The van der Waals surface area contributed by atoms with Crippen molar-refractivity contribution < 1.29 is 19.1 Å². The molecule has 2 atom stereocenters.